The van der Waals surface area contributed by atoms with E-state index in [1.54, 1.807) is 12.1 Å². The van der Waals surface area contributed by atoms with E-state index in [-0.39, 0.29) is 23.7 Å². The number of ether oxygens (including phenoxy) is 1. The molecule has 0 aromatic heterocycles. The summed E-state index contributed by atoms with van der Waals surface area (Å²) >= 11 is 0. The molecule has 0 aliphatic carbocycles. The van der Waals surface area contributed by atoms with Crippen LogP contribution < -0.4 is 10.6 Å². The van der Waals surface area contributed by atoms with Crippen LogP contribution in [0.2, 0.25) is 0 Å². The second kappa shape index (κ2) is 6.63. The summed E-state index contributed by atoms with van der Waals surface area (Å²) in [7, 11) is 0. The summed E-state index contributed by atoms with van der Waals surface area (Å²) in [6.45, 7) is 3.88. The van der Waals surface area contributed by atoms with Gasteiger partial charge in [-0.1, -0.05) is 13.0 Å². The van der Waals surface area contributed by atoms with E-state index in [4.69, 9.17) is 4.74 Å². The van der Waals surface area contributed by atoms with E-state index in [1.165, 1.54) is 12.1 Å². The van der Waals surface area contributed by atoms with Gasteiger partial charge in [-0.15, -0.1) is 0 Å². The van der Waals surface area contributed by atoms with Crippen LogP contribution in [0, 0.1) is 11.7 Å². The maximum absolute atomic E-state index is 13.0. The topological polar surface area (TPSA) is 50.4 Å². The van der Waals surface area contributed by atoms with Gasteiger partial charge in [0, 0.05) is 11.7 Å². The van der Waals surface area contributed by atoms with Gasteiger partial charge in [0.25, 0.3) is 0 Å². The van der Waals surface area contributed by atoms with Gasteiger partial charge in [-0.3, -0.25) is 4.79 Å². The number of carbonyl (C=O) groups is 1. The molecule has 2 rings (SSSR count). The first-order valence-corrected chi connectivity index (χ1v) is 6.58. The molecular formula is C14H19FN2O2. The van der Waals surface area contributed by atoms with E-state index >= 15 is 0 Å². The molecule has 104 valence electrons. The summed E-state index contributed by atoms with van der Waals surface area (Å²) in [6.07, 6.45) is 1.01. The molecule has 0 spiro atoms. The summed E-state index contributed by atoms with van der Waals surface area (Å²) in [4.78, 5) is 12.1. The first-order valence-electron chi connectivity index (χ1n) is 6.58. The minimum atomic E-state index is -0.360. The molecule has 2 unspecified atom stereocenters. The van der Waals surface area contributed by atoms with Crippen LogP contribution >= 0.6 is 0 Å². The summed E-state index contributed by atoms with van der Waals surface area (Å²) in [5.41, 5.74) is 0.478. The summed E-state index contributed by atoms with van der Waals surface area (Å²) in [5.74, 6) is -0.715. The number of nitrogens with one attached hydrogen (secondary N) is 2. The number of rotatable bonds is 5. The van der Waals surface area contributed by atoms with Gasteiger partial charge in [-0.25, -0.2) is 4.39 Å². The van der Waals surface area contributed by atoms with Gasteiger partial charge in [-0.05, 0) is 31.2 Å². The number of amides is 1. The Kier molecular flexibility index (Phi) is 4.87. The fraction of sp³-hybridized carbons (Fsp3) is 0.500. The summed E-state index contributed by atoms with van der Waals surface area (Å²) in [5, 5.41) is 6.03. The van der Waals surface area contributed by atoms with Crippen molar-refractivity contribution < 1.29 is 13.9 Å². The molecule has 1 amide bonds. The van der Waals surface area contributed by atoms with E-state index < -0.39 is 0 Å². The van der Waals surface area contributed by atoms with E-state index in [0.29, 0.717) is 18.9 Å². The molecule has 1 aliphatic heterocycles. The highest BCUT2D eigenvalue weighted by molar-refractivity contribution is 5.93. The Bertz CT molecular complexity index is 439. The molecule has 2 N–H and O–H groups in total. The highest BCUT2D eigenvalue weighted by Crippen LogP contribution is 2.17. The van der Waals surface area contributed by atoms with Crippen molar-refractivity contribution in [3.8, 4) is 0 Å². The number of anilines is 1. The average molecular weight is 266 g/mol. The normalized spacial score (nSPS) is 22.4. The van der Waals surface area contributed by atoms with E-state index in [9.17, 15) is 9.18 Å². The number of hydrogen-bond donors (Lipinski definition) is 2. The van der Waals surface area contributed by atoms with Crippen LogP contribution in [0.4, 0.5) is 10.1 Å². The first-order chi connectivity index (χ1) is 9.20. The summed E-state index contributed by atoms with van der Waals surface area (Å²) < 4.78 is 18.4. The summed E-state index contributed by atoms with van der Waals surface area (Å²) in [6, 6.07) is 5.93. The Morgan fingerprint density at radius 1 is 1.47 bits per heavy atom. The second-order valence-electron chi connectivity index (χ2n) is 4.70. The number of carbonyl (C=O) groups excluding carboxylic acids is 1. The lowest BCUT2D eigenvalue weighted by Gasteiger charge is -2.18. The zero-order valence-electron chi connectivity index (χ0n) is 11.0. The molecule has 0 bridgehead atoms. The lowest BCUT2D eigenvalue weighted by atomic mass is 10.0. The third-order valence-electron chi connectivity index (χ3n) is 3.17. The fourth-order valence-corrected chi connectivity index (χ4v) is 2.14. The third-order valence-corrected chi connectivity index (χ3v) is 3.17. The van der Waals surface area contributed by atoms with Gasteiger partial charge in [0.2, 0.25) is 5.91 Å². The van der Waals surface area contributed by atoms with E-state index in [2.05, 4.69) is 17.6 Å². The first kappa shape index (κ1) is 14.0. The number of benzene rings is 1. The Labute approximate surface area is 112 Å². The SMILES string of the molecule is CCCNC1COCC1C(=O)Nc1cccc(F)c1. The van der Waals surface area contributed by atoms with Crippen molar-refractivity contribution >= 4 is 11.6 Å². The molecule has 1 aliphatic rings. The minimum absolute atomic E-state index is 0.0357. The van der Waals surface area contributed by atoms with Gasteiger partial charge in [-0.2, -0.15) is 0 Å². The van der Waals surface area contributed by atoms with Crippen LogP contribution in [-0.4, -0.2) is 31.7 Å². The zero-order valence-corrected chi connectivity index (χ0v) is 11.0. The Morgan fingerprint density at radius 3 is 3.05 bits per heavy atom. The van der Waals surface area contributed by atoms with E-state index in [0.717, 1.165) is 13.0 Å². The second-order valence-corrected chi connectivity index (χ2v) is 4.70. The molecule has 1 heterocycles. The van der Waals surface area contributed by atoms with Crippen LogP contribution in [0.1, 0.15) is 13.3 Å². The predicted molar refractivity (Wildman–Crippen MR) is 71.4 cm³/mol. The standard InChI is InChI=1S/C14H19FN2O2/c1-2-6-16-13-9-19-8-12(13)14(18)17-11-5-3-4-10(15)7-11/h3-5,7,12-13,16H,2,6,8-9H2,1H3,(H,17,18). The highest BCUT2D eigenvalue weighted by Gasteiger charge is 2.33. The zero-order chi connectivity index (χ0) is 13.7. The van der Waals surface area contributed by atoms with Crippen molar-refractivity contribution in [2.75, 3.05) is 25.1 Å². The molecule has 5 heteroatoms. The van der Waals surface area contributed by atoms with Crippen molar-refractivity contribution in [1.82, 2.24) is 5.32 Å². The van der Waals surface area contributed by atoms with Gasteiger partial charge in [0.15, 0.2) is 0 Å². The monoisotopic (exact) mass is 266 g/mol. The van der Waals surface area contributed by atoms with Crippen molar-refractivity contribution in [3.05, 3.63) is 30.1 Å². The maximum Gasteiger partial charge on any atom is 0.231 e. The molecule has 2 atom stereocenters. The lowest BCUT2D eigenvalue weighted by Crippen LogP contribution is -2.41. The van der Waals surface area contributed by atoms with Crippen molar-refractivity contribution in [2.45, 2.75) is 19.4 Å². The van der Waals surface area contributed by atoms with Crippen molar-refractivity contribution in [3.63, 3.8) is 0 Å². The average Bonchev–Trinajstić information content (AvgIpc) is 2.84. The quantitative estimate of drug-likeness (QED) is 0.854. The molecule has 19 heavy (non-hydrogen) atoms. The Morgan fingerprint density at radius 2 is 2.32 bits per heavy atom. The Balaban J connectivity index is 1.95. The Hall–Kier alpha value is -1.46. The molecule has 0 saturated carbocycles. The third kappa shape index (κ3) is 3.75. The van der Waals surface area contributed by atoms with Gasteiger partial charge in [0.1, 0.15) is 5.82 Å². The largest absolute Gasteiger partial charge is 0.379 e. The van der Waals surface area contributed by atoms with Crippen LogP contribution in [0.15, 0.2) is 24.3 Å². The molecule has 1 aromatic rings. The number of hydrogen-bond acceptors (Lipinski definition) is 3. The predicted octanol–water partition coefficient (Wildman–Crippen LogP) is 1.78. The molecule has 1 fully saturated rings. The van der Waals surface area contributed by atoms with Crippen LogP contribution in [0.3, 0.4) is 0 Å². The van der Waals surface area contributed by atoms with Crippen molar-refractivity contribution in [2.24, 2.45) is 5.92 Å². The van der Waals surface area contributed by atoms with E-state index in [1.807, 2.05) is 0 Å². The minimum Gasteiger partial charge on any atom is -0.379 e. The molecule has 0 radical (unpaired) electrons. The molecular weight excluding hydrogens is 247 g/mol. The molecule has 4 nitrogen and oxygen atoms in total. The lowest BCUT2D eigenvalue weighted by molar-refractivity contribution is -0.120. The smallest absolute Gasteiger partial charge is 0.231 e. The van der Waals surface area contributed by atoms with Crippen molar-refractivity contribution in [1.29, 1.82) is 0 Å². The maximum atomic E-state index is 13.0. The van der Waals surface area contributed by atoms with Crippen LogP contribution in [-0.2, 0) is 9.53 Å². The number of halogens is 1. The van der Waals surface area contributed by atoms with Gasteiger partial charge in [0.05, 0.1) is 19.1 Å². The van der Waals surface area contributed by atoms with Gasteiger partial charge >= 0.3 is 0 Å². The molecule has 1 saturated heterocycles. The van der Waals surface area contributed by atoms with Crippen LogP contribution in [0.25, 0.3) is 0 Å². The molecule has 1 aromatic carbocycles. The highest BCUT2D eigenvalue weighted by atomic mass is 19.1. The van der Waals surface area contributed by atoms with Crippen LogP contribution in [0.5, 0.6) is 0 Å². The fourth-order valence-electron chi connectivity index (χ4n) is 2.14. The van der Waals surface area contributed by atoms with Gasteiger partial charge < -0.3 is 15.4 Å².